The molecule has 2 nitrogen and oxygen atoms in total. The van der Waals surface area contributed by atoms with Crippen molar-refractivity contribution in [2.45, 2.75) is 12.8 Å². The molecular formula is C13H15BrO2. The fourth-order valence-corrected chi connectivity index (χ4v) is 1.56. The van der Waals surface area contributed by atoms with Gasteiger partial charge in [-0.25, -0.2) is 0 Å². The maximum Gasteiger partial charge on any atom is 0.185 e. The smallest absolute Gasteiger partial charge is 0.185 e. The Labute approximate surface area is 104 Å². The van der Waals surface area contributed by atoms with E-state index in [-0.39, 0.29) is 5.78 Å². The van der Waals surface area contributed by atoms with E-state index >= 15 is 0 Å². The second-order valence-electron chi connectivity index (χ2n) is 3.33. The minimum absolute atomic E-state index is 0.0391. The number of carbonyl (C=O) groups excluding carboxylic acids is 1. The van der Waals surface area contributed by atoms with Gasteiger partial charge in [-0.05, 0) is 43.2 Å². The van der Waals surface area contributed by atoms with Gasteiger partial charge in [0.15, 0.2) is 5.78 Å². The van der Waals surface area contributed by atoms with Gasteiger partial charge >= 0.3 is 0 Å². The Hall–Kier alpha value is -1.09. The Morgan fingerprint density at radius 2 is 2.06 bits per heavy atom. The van der Waals surface area contributed by atoms with Crippen LogP contribution in [0.1, 0.15) is 23.2 Å². The van der Waals surface area contributed by atoms with Gasteiger partial charge in [0.05, 0.1) is 7.11 Å². The fraction of sp³-hybridized carbons (Fsp3) is 0.308. The molecule has 0 aliphatic rings. The van der Waals surface area contributed by atoms with Gasteiger partial charge in [-0.2, -0.15) is 0 Å². The van der Waals surface area contributed by atoms with E-state index in [2.05, 4.69) is 15.9 Å². The van der Waals surface area contributed by atoms with E-state index in [9.17, 15) is 4.79 Å². The number of unbranched alkanes of at least 4 members (excludes halogenated alkanes) is 1. The van der Waals surface area contributed by atoms with Crippen LogP contribution in [0.15, 0.2) is 36.4 Å². The molecule has 0 amide bonds. The van der Waals surface area contributed by atoms with Crippen LogP contribution in [0.3, 0.4) is 0 Å². The predicted octanol–water partition coefficient (Wildman–Crippen LogP) is 3.61. The van der Waals surface area contributed by atoms with Crippen molar-refractivity contribution in [2.75, 3.05) is 12.4 Å². The molecule has 0 saturated carbocycles. The van der Waals surface area contributed by atoms with Gasteiger partial charge in [-0.1, -0.05) is 22.0 Å². The van der Waals surface area contributed by atoms with Crippen molar-refractivity contribution >= 4 is 21.7 Å². The molecule has 1 aromatic rings. The van der Waals surface area contributed by atoms with Crippen LogP contribution < -0.4 is 4.74 Å². The average molecular weight is 283 g/mol. The first-order chi connectivity index (χ1) is 7.77. The largest absolute Gasteiger partial charge is 0.497 e. The summed E-state index contributed by atoms with van der Waals surface area (Å²) in [5.74, 6) is 0.803. The minimum atomic E-state index is 0.0391. The number of hydrogen-bond donors (Lipinski definition) is 0. The summed E-state index contributed by atoms with van der Waals surface area (Å²) in [6, 6.07) is 7.13. The molecule has 0 bridgehead atoms. The Kier molecular flexibility index (Phi) is 5.86. The van der Waals surface area contributed by atoms with Crippen molar-refractivity contribution in [3.63, 3.8) is 0 Å². The van der Waals surface area contributed by atoms with Crippen molar-refractivity contribution in [2.24, 2.45) is 0 Å². The summed E-state index contributed by atoms with van der Waals surface area (Å²) in [5, 5.41) is 0.966. The number of ketones is 1. The third-order valence-corrected chi connectivity index (χ3v) is 2.71. The minimum Gasteiger partial charge on any atom is -0.497 e. The molecule has 16 heavy (non-hydrogen) atoms. The van der Waals surface area contributed by atoms with Gasteiger partial charge in [0, 0.05) is 10.9 Å². The van der Waals surface area contributed by atoms with Crippen LogP contribution in [-0.4, -0.2) is 18.2 Å². The number of halogens is 1. The molecule has 86 valence electrons. The lowest BCUT2D eigenvalue weighted by Gasteiger charge is -1.99. The molecule has 1 aromatic carbocycles. The number of methoxy groups -OCH3 is 1. The topological polar surface area (TPSA) is 26.3 Å². The van der Waals surface area contributed by atoms with E-state index in [1.807, 2.05) is 6.08 Å². The molecule has 1 rings (SSSR count). The first-order valence-corrected chi connectivity index (χ1v) is 6.31. The fourth-order valence-electron chi connectivity index (χ4n) is 1.24. The van der Waals surface area contributed by atoms with Crippen LogP contribution in [0.2, 0.25) is 0 Å². The van der Waals surface area contributed by atoms with Crippen LogP contribution in [0.25, 0.3) is 0 Å². The zero-order valence-corrected chi connectivity index (χ0v) is 10.9. The first kappa shape index (κ1) is 13.0. The van der Waals surface area contributed by atoms with E-state index < -0.39 is 0 Å². The van der Waals surface area contributed by atoms with Crippen LogP contribution >= 0.6 is 15.9 Å². The number of hydrogen-bond acceptors (Lipinski definition) is 2. The second kappa shape index (κ2) is 7.23. The molecule has 3 heteroatoms. The van der Waals surface area contributed by atoms with Crippen LogP contribution in [0.4, 0.5) is 0 Å². The van der Waals surface area contributed by atoms with Gasteiger partial charge in [0.1, 0.15) is 5.75 Å². The molecule has 0 atom stereocenters. The van der Waals surface area contributed by atoms with Crippen molar-refractivity contribution < 1.29 is 9.53 Å². The quantitative estimate of drug-likeness (QED) is 0.345. The summed E-state index contributed by atoms with van der Waals surface area (Å²) in [4.78, 5) is 11.7. The summed E-state index contributed by atoms with van der Waals surface area (Å²) in [6.45, 7) is 0. The second-order valence-corrected chi connectivity index (χ2v) is 4.12. The Bertz CT molecular complexity index is 355. The highest BCUT2D eigenvalue weighted by Crippen LogP contribution is 2.12. The number of benzene rings is 1. The predicted molar refractivity (Wildman–Crippen MR) is 69.5 cm³/mol. The highest BCUT2D eigenvalue weighted by molar-refractivity contribution is 9.09. The lowest BCUT2D eigenvalue weighted by atomic mass is 10.1. The maximum atomic E-state index is 11.7. The number of rotatable bonds is 6. The summed E-state index contributed by atoms with van der Waals surface area (Å²) in [5.41, 5.74) is 0.691. The van der Waals surface area contributed by atoms with E-state index in [4.69, 9.17) is 4.74 Å². The summed E-state index contributed by atoms with van der Waals surface area (Å²) >= 11 is 3.34. The molecule has 0 fully saturated rings. The van der Waals surface area contributed by atoms with Crippen molar-refractivity contribution in [3.05, 3.63) is 42.0 Å². The normalized spacial score (nSPS) is 10.6. The highest BCUT2D eigenvalue weighted by Gasteiger charge is 2.00. The standard InChI is InChI=1S/C13H15BrO2/c1-16-12-8-6-11(7-9-12)13(15)5-3-2-4-10-14/h3,5-9H,2,4,10H2,1H3/b5-3+. The highest BCUT2D eigenvalue weighted by atomic mass is 79.9. The van der Waals surface area contributed by atoms with E-state index in [1.165, 1.54) is 0 Å². The summed E-state index contributed by atoms with van der Waals surface area (Å²) < 4.78 is 5.03. The molecule has 0 aliphatic heterocycles. The molecule has 0 heterocycles. The number of carbonyl (C=O) groups is 1. The van der Waals surface area contributed by atoms with Gasteiger partial charge in [0.2, 0.25) is 0 Å². The van der Waals surface area contributed by atoms with Gasteiger partial charge in [-0.3, -0.25) is 4.79 Å². The molecule has 0 aliphatic carbocycles. The van der Waals surface area contributed by atoms with Crippen molar-refractivity contribution in [1.82, 2.24) is 0 Å². The number of allylic oxidation sites excluding steroid dienone is 2. The van der Waals surface area contributed by atoms with Gasteiger partial charge < -0.3 is 4.74 Å². The SMILES string of the molecule is COc1ccc(C(=O)/C=C/CCCBr)cc1. The van der Waals surface area contributed by atoms with E-state index in [0.717, 1.165) is 23.9 Å². The lowest BCUT2D eigenvalue weighted by molar-refractivity contribution is 0.104. The molecule has 0 radical (unpaired) electrons. The third-order valence-electron chi connectivity index (χ3n) is 2.15. The molecular weight excluding hydrogens is 268 g/mol. The Morgan fingerprint density at radius 3 is 2.62 bits per heavy atom. The summed E-state index contributed by atoms with van der Waals surface area (Å²) in [7, 11) is 1.61. The van der Waals surface area contributed by atoms with Crippen LogP contribution in [0.5, 0.6) is 5.75 Å². The van der Waals surface area contributed by atoms with Crippen molar-refractivity contribution in [3.8, 4) is 5.75 Å². The first-order valence-electron chi connectivity index (χ1n) is 5.19. The Balaban J connectivity index is 2.55. The molecule has 0 spiro atoms. The molecule has 0 unspecified atom stereocenters. The molecule has 0 saturated heterocycles. The van der Waals surface area contributed by atoms with Gasteiger partial charge in [-0.15, -0.1) is 0 Å². The molecule has 0 aromatic heterocycles. The zero-order valence-electron chi connectivity index (χ0n) is 9.28. The number of ether oxygens (including phenoxy) is 1. The zero-order chi connectivity index (χ0) is 11.8. The van der Waals surface area contributed by atoms with Crippen LogP contribution in [0, 0.1) is 0 Å². The van der Waals surface area contributed by atoms with Crippen LogP contribution in [-0.2, 0) is 0 Å². The van der Waals surface area contributed by atoms with E-state index in [1.54, 1.807) is 37.5 Å². The maximum absolute atomic E-state index is 11.7. The summed E-state index contributed by atoms with van der Waals surface area (Å²) in [6.07, 6.45) is 5.51. The lowest BCUT2D eigenvalue weighted by Crippen LogP contribution is -1.94. The third kappa shape index (κ3) is 4.19. The van der Waals surface area contributed by atoms with Crippen molar-refractivity contribution in [1.29, 1.82) is 0 Å². The van der Waals surface area contributed by atoms with E-state index in [0.29, 0.717) is 5.56 Å². The monoisotopic (exact) mass is 282 g/mol. The average Bonchev–Trinajstić information content (AvgIpc) is 2.34. The Morgan fingerprint density at radius 1 is 1.38 bits per heavy atom. The van der Waals surface area contributed by atoms with Gasteiger partial charge in [0.25, 0.3) is 0 Å². The number of alkyl halides is 1. The molecule has 0 N–H and O–H groups in total.